The molecule has 178 valence electrons. The number of hydrogen-bond acceptors (Lipinski definition) is 3. The molecule has 2 aromatic carbocycles. The summed E-state index contributed by atoms with van der Waals surface area (Å²) in [7, 11) is 0. The average molecular weight is 483 g/mol. The molecule has 1 aliphatic rings. The van der Waals surface area contributed by atoms with Crippen molar-refractivity contribution in [3.63, 3.8) is 0 Å². The topological polar surface area (TPSA) is 42.3 Å². The lowest BCUT2D eigenvalue weighted by Gasteiger charge is -2.29. The Morgan fingerprint density at radius 3 is 2.34 bits per heavy atom. The second kappa shape index (κ2) is 9.92. The molecule has 4 aromatic rings. The van der Waals surface area contributed by atoms with E-state index in [2.05, 4.69) is 94.4 Å². The van der Waals surface area contributed by atoms with Gasteiger partial charge < -0.3 is 19.5 Å². The third-order valence-electron chi connectivity index (χ3n) is 6.45. The third-order valence-corrected chi connectivity index (χ3v) is 6.76. The highest BCUT2D eigenvalue weighted by Gasteiger charge is 2.42. The third kappa shape index (κ3) is 4.54. The van der Waals surface area contributed by atoms with Crippen molar-refractivity contribution in [1.82, 2.24) is 14.9 Å². The fourth-order valence-electron chi connectivity index (χ4n) is 4.69. The van der Waals surface area contributed by atoms with E-state index in [-0.39, 0.29) is 12.1 Å². The van der Waals surface area contributed by atoms with Crippen LogP contribution in [0.3, 0.4) is 0 Å². The maximum atomic E-state index is 5.90. The monoisotopic (exact) mass is 482 g/mol. The zero-order chi connectivity index (χ0) is 24.4. The van der Waals surface area contributed by atoms with Crippen molar-refractivity contribution >= 4 is 23.0 Å². The summed E-state index contributed by atoms with van der Waals surface area (Å²) in [4.78, 5) is 6.90. The quantitative estimate of drug-likeness (QED) is 0.302. The van der Waals surface area contributed by atoms with Gasteiger partial charge in [-0.05, 0) is 91.3 Å². The van der Waals surface area contributed by atoms with Gasteiger partial charge >= 0.3 is 0 Å². The molecule has 5 rings (SSSR count). The second-order valence-electron chi connectivity index (χ2n) is 8.97. The summed E-state index contributed by atoms with van der Waals surface area (Å²) in [6.07, 6.45) is 3.94. The van der Waals surface area contributed by atoms with E-state index in [4.69, 9.17) is 17.0 Å². The van der Waals surface area contributed by atoms with Crippen molar-refractivity contribution in [2.75, 3.05) is 11.5 Å². The van der Waals surface area contributed by atoms with E-state index >= 15 is 0 Å². The molecule has 6 heteroatoms. The fourth-order valence-corrected chi connectivity index (χ4v) is 5.04. The fraction of sp³-hybridized carbons (Fsp3) is 0.241. The van der Waals surface area contributed by atoms with Crippen LogP contribution in [-0.2, 0) is 0 Å². The predicted octanol–water partition coefficient (Wildman–Crippen LogP) is 6.57. The molecule has 2 aromatic heterocycles. The lowest BCUT2D eigenvalue weighted by molar-refractivity contribution is 0.340. The Morgan fingerprint density at radius 2 is 1.69 bits per heavy atom. The molecular formula is C29H30N4OS. The number of benzene rings is 2. The van der Waals surface area contributed by atoms with Crippen molar-refractivity contribution in [1.29, 1.82) is 0 Å². The summed E-state index contributed by atoms with van der Waals surface area (Å²) < 4.78 is 7.87. The molecule has 2 atom stereocenters. The highest BCUT2D eigenvalue weighted by Crippen LogP contribution is 2.42. The van der Waals surface area contributed by atoms with Crippen LogP contribution in [0.25, 0.3) is 5.69 Å². The number of ether oxygens (including phenoxy) is 1. The Balaban J connectivity index is 1.60. The molecule has 5 nitrogen and oxygen atoms in total. The van der Waals surface area contributed by atoms with Gasteiger partial charge in [0.25, 0.3) is 0 Å². The first-order chi connectivity index (χ1) is 17.1. The average Bonchev–Trinajstić information content (AvgIpc) is 3.49. The van der Waals surface area contributed by atoms with E-state index < -0.39 is 0 Å². The minimum Gasteiger partial charge on any atom is -0.494 e. The van der Waals surface area contributed by atoms with Crippen molar-refractivity contribution in [2.45, 2.75) is 38.8 Å². The first kappa shape index (κ1) is 23.1. The largest absolute Gasteiger partial charge is 0.494 e. The van der Waals surface area contributed by atoms with E-state index in [9.17, 15) is 0 Å². The summed E-state index contributed by atoms with van der Waals surface area (Å²) in [5.41, 5.74) is 5.53. The predicted molar refractivity (Wildman–Crippen MR) is 145 cm³/mol. The van der Waals surface area contributed by atoms with Gasteiger partial charge in [-0.3, -0.25) is 4.98 Å². The van der Waals surface area contributed by atoms with Crippen LogP contribution < -0.4 is 15.0 Å². The molecule has 1 aliphatic heterocycles. The van der Waals surface area contributed by atoms with Crippen LogP contribution in [0.4, 0.5) is 5.69 Å². The Bertz CT molecular complexity index is 1280. The zero-order valence-electron chi connectivity index (χ0n) is 20.3. The molecule has 0 spiro atoms. The molecular weight excluding hydrogens is 452 g/mol. The van der Waals surface area contributed by atoms with E-state index in [0.717, 1.165) is 28.5 Å². The number of anilines is 1. The van der Waals surface area contributed by atoms with E-state index in [0.29, 0.717) is 17.6 Å². The Hall–Kier alpha value is -3.64. The van der Waals surface area contributed by atoms with Crippen LogP contribution in [0.2, 0.25) is 0 Å². The lowest BCUT2D eigenvalue weighted by atomic mass is 9.99. The number of aromatic nitrogens is 2. The molecule has 0 saturated carbocycles. The zero-order valence-corrected chi connectivity index (χ0v) is 21.1. The number of hydrogen-bond donors (Lipinski definition) is 1. The van der Waals surface area contributed by atoms with E-state index in [1.807, 2.05) is 37.4 Å². The van der Waals surface area contributed by atoms with Gasteiger partial charge in [0.15, 0.2) is 5.11 Å². The molecule has 1 N–H and O–H groups in total. The van der Waals surface area contributed by atoms with Crippen LogP contribution in [0.1, 0.15) is 55.7 Å². The molecule has 1 fully saturated rings. The van der Waals surface area contributed by atoms with Gasteiger partial charge in [-0.1, -0.05) is 32.0 Å². The van der Waals surface area contributed by atoms with Gasteiger partial charge in [0, 0.05) is 29.5 Å². The smallest absolute Gasteiger partial charge is 0.174 e. The van der Waals surface area contributed by atoms with Gasteiger partial charge in [0.05, 0.1) is 18.3 Å². The van der Waals surface area contributed by atoms with Crippen LogP contribution >= 0.6 is 12.2 Å². The first-order valence-electron chi connectivity index (χ1n) is 12.1. The summed E-state index contributed by atoms with van der Waals surface area (Å²) in [6, 6.07) is 27.0. The highest BCUT2D eigenvalue weighted by molar-refractivity contribution is 7.80. The molecule has 0 radical (unpaired) electrons. The van der Waals surface area contributed by atoms with Gasteiger partial charge in [-0.2, -0.15) is 0 Å². The number of nitrogens with one attached hydrogen (secondary N) is 1. The number of pyridine rings is 1. The maximum Gasteiger partial charge on any atom is 0.174 e. The Morgan fingerprint density at radius 1 is 0.943 bits per heavy atom. The molecule has 2 unspecified atom stereocenters. The molecule has 35 heavy (non-hydrogen) atoms. The lowest BCUT2D eigenvalue weighted by Crippen LogP contribution is -2.30. The maximum absolute atomic E-state index is 5.90. The Labute approximate surface area is 212 Å². The van der Waals surface area contributed by atoms with Crippen LogP contribution in [-0.4, -0.2) is 21.3 Å². The minimum absolute atomic E-state index is 0.0798. The van der Waals surface area contributed by atoms with Crippen LogP contribution in [0.15, 0.2) is 91.3 Å². The highest BCUT2D eigenvalue weighted by atomic mass is 32.1. The van der Waals surface area contributed by atoms with Crippen LogP contribution in [0.5, 0.6) is 5.75 Å². The summed E-state index contributed by atoms with van der Waals surface area (Å²) in [6.45, 7) is 7.06. The second-order valence-corrected chi connectivity index (χ2v) is 9.36. The van der Waals surface area contributed by atoms with E-state index in [1.165, 1.54) is 5.56 Å². The Kier molecular flexibility index (Phi) is 6.55. The first-order valence-corrected chi connectivity index (χ1v) is 12.5. The van der Waals surface area contributed by atoms with Gasteiger partial charge in [-0.15, -0.1) is 0 Å². The molecule has 3 heterocycles. The van der Waals surface area contributed by atoms with Crippen molar-refractivity contribution < 1.29 is 4.74 Å². The van der Waals surface area contributed by atoms with Crippen molar-refractivity contribution in [3.8, 4) is 11.4 Å². The molecule has 1 saturated heterocycles. The summed E-state index contributed by atoms with van der Waals surface area (Å²) in [5.74, 6) is 1.34. The van der Waals surface area contributed by atoms with Gasteiger partial charge in [0.1, 0.15) is 11.8 Å². The molecule has 0 bridgehead atoms. The number of rotatable bonds is 7. The molecule has 0 amide bonds. The number of thiocarbonyl (C=S) groups is 1. The molecule has 0 aliphatic carbocycles. The van der Waals surface area contributed by atoms with Crippen molar-refractivity contribution in [3.05, 3.63) is 108 Å². The van der Waals surface area contributed by atoms with Crippen molar-refractivity contribution in [2.24, 2.45) is 0 Å². The standard InChI is InChI=1S/C29H30N4OS/c1-4-34-24-16-14-22(15-17-24)32-19-7-9-26(32)28-27(25-8-5-6-18-30-25)31-29(35)33(28)23-12-10-21(11-13-23)20(2)3/h5-20,27-28H,4H2,1-3H3,(H,31,35). The van der Waals surface area contributed by atoms with Gasteiger partial charge in [-0.25, -0.2) is 0 Å². The summed E-state index contributed by atoms with van der Waals surface area (Å²) in [5, 5.41) is 4.26. The normalized spacial score (nSPS) is 17.6. The number of nitrogens with zero attached hydrogens (tertiary/aromatic N) is 3. The van der Waals surface area contributed by atoms with Gasteiger partial charge in [0.2, 0.25) is 0 Å². The van der Waals surface area contributed by atoms with E-state index in [1.54, 1.807) is 0 Å². The SMILES string of the molecule is CCOc1ccc(-n2cccc2C2C(c3ccccn3)NC(=S)N2c2ccc(C(C)C)cc2)cc1. The minimum atomic E-state index is -0.0928. The van der Waals surface area contributed by atoms with Crippen LogP contribution in [0, 0.1) is 0 Å². The summed E-state index contributed by atoms with van der Waals surface area (Å²) >= 11 is 5.90.